The normalized spacial score (nSPS) is 11.6. The van der Waals surface area contributed by atoms with Crippen LogP contribution in [-0.2, 0) is 21.4 Å². The second-order valence-electron chi connectivity index (χ2n) is 4.92. The number of hydrogen-bond donors (Lipinski definition) is 1. The van der Waals surface area contributed by atoms with Crippen LogP contribution >= 0.6 is 0 Å². The summed E-state index contributed by atoms with van der Waals surface area (Å²) >= 11 is 0. The molecule has 0 aliphatic carbocycles. The fourth-order valence-electron chi connectivity index (χ4n) is 1.77. The largest absolute Gasteiger partial charge is 0.341 e. The first kappa shape index (κ1) is 17.6. The molecule has 7 heteroatoms. The van der Waals surface area contributed by atoms with Gasteiger partial charge in [-0.1, -0.05) is 30.3 Å². The fourth-order valence-corrected chi connectivity index (χ4v) is 2.38. The molecule has 118 valence electrons. The maximum absolute atomic E-state index is 11.6. The number of carbonyl (C=O) groups is 1. The Morgan fingerprint density at radius 3 is 2.29 bits per heavy atom. The molecule has 0 heterocycles. The zero-order chi connectivity index (χ0) is 15.9. The third-order valence-corrected chi connectivity index (χ3v) is 4.64. The molecule has 21 heavy (non-hydrogen) atoms. The van der Waals surface area contributed by atoms with Crippen molar-refractivity contribution in [2.24, 2.45) is 0 Å². The Labute approximate surface area is 126 Å². The van der Waals surface area contributed by atoms with Gasteiger partial charge in [0.15, 0.2) is 0 Å². The SMILES string of the molecule is CC(=O)N(CCNS(=O)(=O)N(C)C)CCc1ccccc1. The quantitative estimate of drug-likeness (QED) is 0.758. The minimum Gasteiger partial charge on any atom is -0.341 e. The smallest absolute Gasteiger partial charge is 0.278 e. The molecule has 0 spiro atoms. The summed E-state index contributed by atoms with van der Waals surface area (Å²) in [4.78, 5) is 13.2. The Morgan fingerprint density at radius 1 is 1.14 bits per heavy atom. The van der Waals surface area contributed by atoms with Gasteiger partial charge in [0.05, 0.1) is 0 Å². The van der Waals surface area contributed by atoms with Crippen molar-refractivity contribution in [1.29, 1.82) is 0 Å². The molecule has 0 bridgehead atoms. The fraction of sp³-hybridized carbons (Fsp3) is 0.500. The lowest BCUT2D eigenvalue weighted by Gasteiger charge is -2.22. The Morgan fingerprint density at radius 2 is 1.76 bits per heavy atom. The topological polar surface area (TPSA) is 69.7 Å². The first-order valence-electron chi connectivity index (χ1n) is 6.79. The first-order valence-corrected chi connectivity index (χ1v) is 8.23. The van der Waals surface area contributed by atoms with E-state index in [1.807, 2.05) is 30.3 Å². The summed E-state index contributed by atoms with van der Waals surface area (Å²) in [5.74, 6) is -0.0602. The van der Waals surface area contributed by atoms with Gasteiger partial charge in [0.1, 0.15) is 0 Å². The highest BCUT2D eigenvalue weighted by atomic mass is 32.2. The Hall–Kier alpha value is -1.44. The van der Waals surface area contributed by atoms with Crippen molar-refractivity contribution in [2.45, 2.75) is 13.3 Å². The zero-order valence-corrected chi connectivity index (χ0v) is 13.6. The number of amides is 1. The molecule has 1 N–H and O–H groups in total. The van der Waals surface area contributed by atoms with Gasteiger partial charge >= 0.3 is 0 Å². The number of nitrogens with one attached hydrogen (secondary N) is 1. The lowest BCUT2D eigenvalue weighted by atomic mass is 10.1. The van der Waals surface area contributed by atoms with Crippen LogP contribution in [0.15, 0.2) is 30.3 Å². The molecule has 0 atom stereocenters. The van der Waals surface area contributed by atoms with Gasteiger partial charge in [-0.15, -0.1) is 0 Å². The van der Waals surface area contributed by atoms with E-state index in [0.29, 0.717) is 13.1 Å². The van der Waals surface area contributed by atoms with Crippen LogP contribution in [-0.4, -0.2) is 57.3 Å². The molecule has 0 unspecified atom stereocenters. The predicted molar refractivity (Wildman–Crippen MR) is 83.0 cm³/mol. The average molecular weight is 313 g/mol. The second kappa shape index (κ2) is 8.11. The van der Waals surface area contributed by atoms with Crippen molar-refractivity contribution in [3.63, 3.8) is 0 Å². The van der Waals surface area contributed by atoms with Gasteiger partial charge in [0, 0.05) is 40.7 Å². The molecule has 6 nitrogen and oxygen atoms in total. The molecular formula is C14H23N3O3S. The number of nitrogens with zero attached hydrogens (tertiary/aromatic N) is 2. The van der Waals surface area contributed by atoms with Crippen LogP contribution < -0.4 is 4.72 Å². The second-order valence-corrected chi connectivity index (χ2v) is 6.89. The van der Waals surface area contributed by atoms with E-state index in [2.05, 4.69) is 4.72 Å². The molecule has 0 fully saturated rings. The number of rotatable bonds is 8. The lowest BCUT2D eigenvalue weighted by molar-refractivity contribution is -0.128. The standard InChI is InChI=1S/C14H23N3O3S/c1-13(18)17(11-9-14-7-5-4-6-8-14)12-10-15-21(19,20)16(2)3/h4-8,15H,9-12H2,1-3H3. The molecular weight excluding hydrogens is 290 g/mol. The van der Waals surface area contributed by atoms with E-state index < -0.39 is 10.2 Å². The number of hydrogen-bond acceptors (Lipinski definition) is 3. The summed E-state index contributed by atoms with van der Waals surface area (Å²) in [7, 11) is -0.524. The average Bonchev–Trinajstić information content (AvgIpc) is 2.43. The van der Waals surface area contributed by atoms with Gasteiger partial charge in [0.25, 0.3) is 10.2 Å². The summed E-state index contributed by atoms with van der Waals surface area (Å²) in [6.45, 7) is 2.62. The van der Waals surface area contributed by atoms with Crippen molar-refractivity contribution in [1.82, 2.24) is 13.9 Å². The van der Waals surface area contributed by atoms with Gasteiger partial charge in [0.2, 0.25) is 5.91 Å². The minimum absolute atomic E-state index is 0.0602. The summed E-state index contributed by atoms with van der Waals surface area (Å²) in [6, 6.07) is 9.87. The molecule has 0 radical (unpaired) electrons. The van der Waals surface area contributed by atoms with Crippen molar-refractivity contribution in [3.05, 3.63) is 35.9 Å². The Balaban J connectivity index is 2.46. The summed E-state index contributed by atoms with van der Waals surface area (Å²) in [5, 5.41) is 0. The van der Waals surface area contributed by atoms with Crippen molar-refractivity contribution >= 4 is 16.1 Å². The van der Waals surface area contributed by atoms with Crippen LogP contribution in [0.5, 0.6) is 0 Å². The number of benzene rings is 1. The van der Waals surface area contributed by atoms with Gasteiger partial charge in [-0.3, -0.25) is 4.79 Å². The maximum Gasteiger partial charge on any atom is 0.278 e. The van der Waals surface area contributed by atoms with Crippen LogP contribution in [0.25, 0.3) is 0 Å². The summed E-state index contributed by atoms with van der Waals surface area (Å²) < 4.78 is 26.7. The van der Waals surface area contributed by atoms with Gasteiger partial charge < -0.3 is 4.90 Å². The van der Waals surface area contributed by atoms with Crippen LogP contribution in [0.3, 0.4) is 0 Å². The molecule has 0 aliphatic heterocycles. The lowest BCUT2D eigenvalue weighted by Crippen LogP contribution is -2.42. The maximum atomic E-state index is 11.6. The first-order chi connectivity index (χ1) is 9.83. The van der Waals surface area contributed by atoms with Crippen molar-refractivity contribution in [2.75, 3.05) is 33.7 Å². The summed E-state index contributed by atoms with van der Waals surface area (Å²) in [5.41, 5.74) is 1.15. The van der Waals surface area contributed by atoms with Gasteiger partial charge in [-0.25, -0.2) is 4.72 Å². The molecule has 0 saturated carbocycles. The molecule has 1 aromatic carbocycles. The zero-order valence-electron chi connectivity index (χ0n) is 12.7. The third-order valence-electron chi connectivity index (χ3n) is 3.11. The molecule has 1 amide bonds. The van der Waals surface area contributed by atoms with E-state index in [1.165, 1.54) is 21.0 Å². The molecule has 0 saturated heterocycles. The molecule has 0 aromatic heterocycles. The third kappa shape index (κ3) is 6.24. The molecule has 0 aliphatic rings. The minimum atomic E-state index is -3.44. The van der Waals surface area contributed by atoms with Crippen molar-refractivity contribution in [3.8, 4) is 0 Å². The van der Waals surface area contributed by atoms with Crippen LogP contribution in [0.1, 0.15) is 12.5 Å². The Kier molecular flexibility index (Phi) is 6.80. The highest BCUT2D eigenvalue weighted by Crippen LogP contribution is 2.02. The van der Waals surface area contributed by atoms with E-state index >= 15 is 0 Å². The number of carbonyl (C=O) groups excluding carboxylic acids is 1. The van der Waals surface area contributed by atoms with E-state index in [-0.39, 0.29) is 12.5 Å². The predicted octanol–water partition coefficient (Wildman–Crippen LogP) is 0.474. The van der Waals surface area contributed by atoms with Crippen LogP contribution in [0.4, 0.5) is 0 Å². The monoisotopic (exact) mass is 313 g/mol. The van der Waals surface area contributed by atoms with E-state index in [4.69, 9.17) is 0 Å². The Bertz CT molecular complexity index is 544. The van der Waals surface area contributed by atoms with E-state index in [0.717, 1.165) is 16.3 Å². The van der Waals surface area contributed by atoms with E-state index in [9.17, 15) is 13.2 Å². The van der Waals surface area contributed by atoms with Crippen LogP contribution in [0.2, 0.25) is 0 Å². The molecule has 1 rings (SSSR count). The van der Waals surface area contributed by atoms with E-state index in [1.54, 1.807) is 4.90 Å². The molecule has 1 aromatic rings. The summed E-state index contributed by atoms with van der Waals surface area (Å²) in [6.07, 6.45) is 0.751. The highest BCUT2D eigenvalue weighted by Gasteiger charge is 2.14. The van der Waals surface area contributed by atoms with Gasteiger partial charge in [-0.05, 0) is 12.0 Å². The van der Waals surface area contributed by atoms with Crippen LogP contribution in [0, 0.1) is 0 Å². The van der Waals surface area contributed by atoms with Crippen molar-refractivity contribution < 1.29 is 13.2 Å². The van der Waals surface area contributed by atoms with Gasteiger partial charge in [-0.2, -0.15) is 12.7 Å². The highest BCUT2D eigenvalue weighted by molar-refractivity contribution is 7.87.